The second-order valence-corrected chi connectivity index (χ2v) is 6.23. The Morgan fingerprint density at radius 1 is 1.12 bits per heavy atom. The molecule has 0 saturated heterocycles. The molecule has 130 valence electrons. The standard InChI is InChI=1S/C20H23N3O2/c1-15-7-2-3-8-16(15)9-6-12-19(24)21-13-14-23-18-11-5-4-10-17(18)22-20(23)25/h2-5,7-8,10-11H,6,9,12-14H2,1H3,(H,21,24)(H,22,25). The number of carbonyl (C=O) groups is 1. The smallest absolute Gasteiger partial charge is 0.326 e. The molecule has 0 unspecified atom stereocenters. The second kappa shape index (κ2) is 7.83. The van der Waals surface area contributed by atoms with Gasteiger partial charge in [-0.3, -0.25) is 9.36 Å². The van der Waals surface area contributed by atoms with E-state index in [9.17, 15) is 9.59 Å². The molecule has 1 aromatic heterocycles. The highest BCUT2D eigenvalue weighted by molar-refractivity contribution is 5.76. The van der Waals surface area contributed by atoms with E-state index in [-0.39, 0.29) is 11.6 Å². The lowest BCUT2D eigenvalue weighted by molar-refractivity contribution is -0.121. The molecule has 0 aliphatic carbocycles. The lowest BCUT2D eigenvalue weighted by Crippen LogP contribution is -2.29. The average Bonchev–Trinajstić information content (AvgIpc) is 2.92. The number of aromatic nitrogens is 2. The number of H-pyrrole nitrogens is 1. The van der Waals surface area contributed by atoms with Crippen LogP contribution in [0, 0.1) is 6.92 Å². The zero-order valence-electron chi connectivity index (χ0n) is 14.4. The van der Waals surface area contributed by atoms with E-state index in [1.165, 1.54) is 11.1 Å². The molecular formula is C20H23N3O2. The minimum Gasteiger partial charge on any atom is -0.354 e. The largest absolute Gasteiger partial charge is 0.354 e. The number of nitrogens with zero attached hydrogens (tertiary/aromatic N) is 1. The number of hydrogen-bond donors (Lipinski definition) is 2. The van der Waals surface area contributed by atoms with E-state index in [0.717, 1.165) is 23.9 Å². The van der Waals surface area contributed by atoms with Crippen LogP contribution in [0.25, 0.3) is 11.0 Å². The normalized spacial score (nSPS) is 10.9. The molecule has 1 heterocycles. The highest BCUT2D eigenvalue weighted by atomic mass is 16.2. The molecule has 2 N–H and O–H groups in total. The summed E-state index contributed by atoms with van der Waals surface area (Å²) in [6, 6.07) is 15.8. The van der Waals surface area contributed by atoms with E-state index in [1.54, 1.807) is 4.57 Å². The van der Waals surface area contributed by atoms with Crippen molar-refractivity contribution in [2.45, 2.75) is 32.7 Å². The summed E-state index contributed by atoms with van der Waals surface area (Å²) in [5.74, 6) is 0.0291. The maximum atomic E-state index is 12.0. The van der Waals surface area contributed by atoms with Gasteiger partial charge in [0.15, 0.2) is 0 Å². The molecule has 0 radical (unpaired) electrons. The third kappa shape index (κ3) is 4.18. The maximum Gasteiger partial charge on any atom is 0.326 e. The van der Waals surface area contributed by atoms with Gasteiger partial charge in [-0.25, -0.2) is 4.79 Å². The van der Waals surface area contributed by atoms with Crippen LogP contribution >= 0.6 is 0 Å². The van der Waals surface area contributed by atoms with Crippen LogP contribution in [-0.2, 0) is 17.8 Å². The Labute approximate surface area is 146 Å². The Morgan fingerprint density at radius 3 is 2.72 bits per heavy atom. The molecule has 0 bridgehead atoms. The number of aryl methyl sites for hydroxylation is 2. The SMILES string of the molecule is Cc1ccccc1CCCC(=O)NCCn1c(=O)[nH]c2ccccc21. The first-order valence-electron chi connectivity index (χ1n) is 8.64. The van der Waals surface area contributed by atoms with Gasteiger partial charge in [-0.2, -0.15) is 0 Å². The van der Waals surface area contributed by atoms with Gasteiger partial charge in [0, 0.05) is 19.5 Å². The molecule has 0 atom stereocenters. The highest BCUT2D eigenvalue weighted by Crippen LogP contribution is 2.11. The van der Waals surface area contributed by atoms with Gasteiger partial charge < -0.3 is 10.3 Å². The fourth-order valence-corrected chi connectivity index (χ4v) is 3.05. The first kappa shape index (κ1) is 17.0. The fourth-order valence-electron chi connectivity index (χ4n) is 3.05. The number of carbonyl (C=O) groups excluding carboxylic acids is 1. The quantitative estimate of drug-likeness (QED) is 0.696. The van der Waals surface area contributed by atoms with Gasteiger partial charge in [0.2, 0.25) is 5.91 Å². The predicted molar refractivity (Wildman–Crippen MR) is 99.7 cm³/mol. The van der Waals surface area contributed by atoms with Gasteiger partial charge in [-0.15, -0.1) is 0 Å². The Bertz CT molecular complexity index is 924. The van der Waals surface area contributed by atoms with Crippen molar-refractivity contribution in [2.24, 2.45) is 0 Å². The van der Waals surface area contributed by atoms with Crippen LogP contribution < -0.4 is 11.0 Å². The van der Waals surface area contributed by atoms with Crippen LogP contribution in [-0.4, -0.2) is 22.0 Å². The van der Waals surface area contributed by atoms with Crippen molar-refractivity contribution in [2.75, 3.05) is 6.54 Å². The number of fused-ring (bicyclic) bond motifs is 1. The molecule has 3 rings (SSSR count). The van der Waals surface area contributed by atoms with Gasteiger partial charge >= 0.3 is 5.69 Å². The Balaban J connectivity index is 1.46. The number of benzene rings is 2. The number of amides is 1. The number of imidazole rings is 1. The minimum absolute atomic E-state index is 0.0291. The van der Waals surface area contributed by atoms with E-state index in [1.807, 2.05) is 36.4 Å². The molecule has 5 nitrogen and oxygen atoms in total. The van der Waals surface area contributed by atoms with Crippen molar-refractivity contribution >= 4 is 16.9 Å². The summed E-state index contributed by atoms with van der Waals surface area (Å²) in [5, 5.41) is 2.90. The van der Waals surface area contributed by atoms with E-state index in [2.05, 4.69) is 29.4 Å². The Kier molecular flexibility index (Phi) is 5.33. The Morgan fingerprint density at radius 2 is 1.88 bits per heavy atom. The number of nitrogens with one attached hydrogen (secondary N) is 2. The summed E-state index contributed by atoms with van der Waals surface area (Å²) in [6.45, 7) is 3.01. The van der Waals surface area contributed by atoms with Crippen LogP contribution in [0.3, 0.4) is 0 Å². The number of para-hydroxylation sites is 2. The topological polar surface area (TPSA) is 66.9 Å². The van der Waals surface area contributed by atoms with Crippen molar-refractivity contribution in [1.82, 2.24) is 14.9 Å². The highest BCUT2D eigenvalue weighted by Gasteiger charge is 2.07. The predicted octanol–water partition coefficient (Wildman–Crippen LogP) is 2.78. The van der Waals surface area contributed by atoms with Crippen molar-refractivity contribution < 1.29 is 4.79 Å². The molecule has 1 amide bonds. The van der Waals surface area contributed by atoms with E-state index in [4.69, 9.17) is 0 Å². The van der Waals surface area contributed by atoms with Crippen LogP contribution in [0.15, 0.2) is 53.3 Å². The van der Waals surface area contributed by atoms with E-state index >= 15 is 0 Å². The lowest BCUT2D eigenvalue weighted by atomic mass is 10.0. The van der Waals surface area contributed by atoms with Gasteiger partial charge in [-0.05, 0) is 43.0 Å². The third-order valence-electron chi connectivity index (χ3n) is 4.45. The molecule has 0 spiro atoms. The minimum atomic E-state index is -0.144. The molecule has 25 heavy (non-hydrogen) atoms. The van der Waals surface area contributed by atoms with Crippen LogP contribution in [0.1, 0.15) is 24.0 Å². The van der Waals surface area contributed by atoms with Crippen molar-refractivity contribution in [3.63, 3.8) is 0 Å². The summed E-state index contributed by atoms with van der Waals surface area (Å²) in [4.78, 5) is 26.8. The third-order valence-corrected chi connectivity index (χ3v) is 4.45. The molecule has 3 aromatic rings. The van der Waals surface area contributed by atoms with Crippen molar-refractivity contribution in [3.05, 3.63) is 70.1 Å². The van der Waals surface area contributed by atoms with Crippen LogP contribution in [0.2, 0.25) is 0 Å². The van der Waals surface area contributed by atoms with Gasteiger partial charge in [0.1, 0.15) is 0 Å². The summed E-state index contributed by atoms with van der Waals surface area (Å²) in [5.41, 5.74) is 4.09. The van der Waals surface area contributed by atoms with E-state index in [0.29, 0.717) is 19.5 Å². The fraction of sp³-hybridized carbons (Fsp3) is 0.300. The molecule has 0 saturated carbocycles. The summed E-state index contributed by atoms with van der Waals surface area (Å²) < 4.78 is 1.66. The lowest BCUT2D eigenvalue weighted by Gasteiger charge is -2.07. The number of rotatable bonds is 7. The average molecular weight is 337 g/mol. The van der Waals surface area contributed by atoms with Crippen LogP contribution in [0.5, 0.6) is 0 Å². The first-order valence-corrected chi connectivity index (χ1v) is 8.64. The zero-order valence-corrected chi connectivity index (χ0v) is 14.4. The van der Waals surface area contributed by atoms with Crippen molar-refractivity contribution in [3.8, 4) is 0 Å². The first-order chi connectivity index (χ1) is 12.1. The van der Waals surface area contributed by atoms with Gasteiger partial charge in [0.25, 0.3) is 0 Å². The molecule has 0 aliphatic heterocycles. The Hall–Kier alpha value is -2.82. The second-order valence-electron chi connectivity index (χ2n) is 6.23. The van der Waals surface area contributed by atoms with Crippen LogP contribution in [0.4, 0.5) is 0 Å². The molecular weight excluding hydrogens is 314 g/mol. The molecule has 2 aromatic carbocycles. The molecule has 5 heteroatoms. The molecule has 0 aliphatic rings. The molecule has 0 fully saturated rings. The zero-order chi connectivity index (χ0) is 17.6. The number of aromatic amines is 1. The monoisotopic (exact) mass is 337 g/mol. The maximum absolute atomic E-state index is 12.0. The van der Waals surface area contributed by atoms with Gasteiger partial charge in [0.05, 0.1) is 11.0 Å². The summed E-state index contributed by atoms with van der Waals surface area (Å²) in [6.07, 6.45) is 2.23. The van der Waals surface area contributed by atoms with Crippen molar-refractivity contribution in [1.29, 1.82) is 0 Å². The summed E-state index contributed by atoms with van der Waals surface area (Å²) in [7, 11) is 0. The van der Waals surface area contributed by atoms with Gasteiger partial charge in [-0.1, -0.05) is 36.4 Å². The number of hydrogen-bond acceptors (Lipinski definition) is 2. The summed E-state index contributed by atoms with van der Waals surface area (Å²) >= 11 is 0. The van der Waals surface area contributed by atoms with E-state index < -0.39 is 0 Å².